The number of thioether (sulfide) groups is 1. The molecule has 7 nitrogen and oxygen atoms in total. The minimum Gasteiger partial charge on any atom is -0.382 e. The zero-order valence-corrected chi connectivity index (χ0v) is 22.0. The van der Waals surface area contributed by atoms with Gasteiger partial charge in [0.15, 0.2) is 0 Å². The Morgan fingerprint density at radius 2 is 1.97 bits per heavy atom. The van der Waals surface area contributed by atoms with Crippen LogP contribution in [-0.4, -0.2) is 50.8 Å². The van der Waals surface area contributed by atoms with Crippen LogP contribution < -0.4 is 10.5 Å². The molecule has 0 spiro atoms. The molecule has 2 aliphatic rings. The van der Waals surface area contributed by atoms with Crippen molar-refractivity contribution >= 4 is 51.7 Å². The average molecular weight is 521 g/mol. The predicted molar refractivity (Wildman–Crippen MR) is 148 cm³/mol. The van der Waals surface area contributed by atoms with Crippen molar-refractivity contribution < 1.29 is 9.53 Å². The van der Waals surface area contributed by atoms with Crippen LogP contribution in [0, 0.1) is 6.92 Å². The Hall–Kier alpha value is -3.01. The zero-order chi connectivity index (χ0) is 25.2. The summed E-state index contributed by atoms with van der Waals surface area (Å²) in [4.78, 5) is 36.1. The fourth-order valence-corrected chi connectivity index (χ4v) is 5.87. The average Bonchev–Trinajstić information content (AvgIpc) is 3.15. The summed E-state index contributed by atoms with van der Waals surface area (Å²) in [5, 5.41) is 0. The number of hydrogen-bond acceptors (Lipinski definition) is 7. The predicted octanol–water partition coefficient (Wildman–Crippen LogP) is 4.19. The lowest BCUT2D eigenvalue weighted by Crippen LogP contribution is -2.34. The summed E-state index contributed by atoms with van der Waals surface area (Å²) in [6.07, 6.45) is 5.04. The van der Waals surface area contributed by atoms with Gasteiger partial charge in [-0.3, -0.25) is 18.9 Å². The first-order valence-electron chi connectivity index (χ1n) is 12.1. The Balaban J connectivity index is 1.55. The van der Waals surface area contributed by atoms with Gasteiger partial charge in [0.05, 0.1) is 10.5 Å². The first-order valence-corrected chi connectivity index (χ1v) is 13.4. The molecule has 186 valence electrons. The third kappa shape index (κ3) is 4.83. The van der Waals surface area contributed by atoms with Crippen LogP contribution in [0.3, 0.4) is 0 Å². The van der Waals surface area contributed by atoms with Crippen LogP contribution in [0.1, 0.15) is 35.6 Å². The van der Waals surface area contributed by atoms with Crippen molar-refractivity contribution in [3.05, 3.63) is 80.1 Å². The first kappa shape index (κ1) is 24.7. The van der Waals surface area contributed by atoms with Crippen LogP contribution >= 0.6 is 24.0 Å². The summed E-state index contributed by atoms with van der Waals surface area (Å²) in [7, 11) is 0. The molecule has 9 heteroatoms. The van der Waals surface area contributed by atoms with Gasteiger partial charge in [-0.2, -0.15) is 0 Å². The molecule has 5 rings (SSSR count). The molecule has 36 heavy (non-hydrogen) atoms. The van der Waals surface area contributed by atoms with Crippen LogP contribution in [0.2, 0.25) is 0 Å². The van der Waals surface area contributed by atoms with Crippen molar-refractivity contribution in [3.8, 4) is 0 Å². The molecule has 1 saturated heterocycles. The number of carbonyl (C=O) groups is 1. The van der Waals surface area contributed by atoms with Crippen molar-refractivity contribution in [3.63, 3.8) is 0 Å². The van der Waals surface area contributed by atoms with Crippen LogP contribution in [0.25, 0.3) is 11.7 Å². The molecule has 2 aliphatic heterocycles. The highest BCUT2D eigenvalue weighted by molar-refractivity contribution is 8.26. The Morgan fingerprint density at radius 3 is 2.78 bits per heavy atom. The van der Waals surface area contributed by atoms with Gasteiger partial charge in [0, 0.05) is 39.0 Å². The van der Waals surface area contributed by atoms with Gasteiger partial charge in [-0.25, -0.2) is 4.98 Å². The maximum Gasteiger partial charge on any atom is 0.267 e. The number of hydrogen-bond donors (Lipinski definition) is 0. The lowest BCUT2D eigenvalue weighted by atomic mass is 9.99. The number of carbonyl (C=O) groups excluding carboxylic acids is 1. The molecule has 0 aliphatic carbocycles. The lowest BCUT2D eigenvalue weighted by Gasteiger charge is -2.30. The van der Waals surface area contributed by atoms with Crippen molar-refractivity contribution in [2.24, 2.45) is 0 Å². The molecule has 3 aromatic rings. The van der Waals surface area contributed by atoms with Gasteiger partial charge < -0.3 is 9.64 Å². The fourth-order valence-electron chi connectivity index (χ4n) is 4.58. The van der Waals surface area contributed by atoms with Gasteiger partial charge in [0.2, 0.25) is 0 Å². The fraction of sp³-hybridized carbons (Fsp3) is 0.333. The summed E-state index contributed by atoms with van der Waals surface area (Å²) in [6, 6.07) is 12.2. The molecule has 0 radical (unpaired) electrons. The van der Waals surface area contributed by atoms with Gasteiger partial charge in [-0.05, 0) is 55.5 Å². The number of amides is 1. The Labute approximate surface area is 219 Å². The molecule has 0 unspecified atom stereocenters. The highest BCUT2D eigenvalue weighted by atomic mass is 32.2. The number of anilines is 1. The summed E-state index contributed by atoms with van der Waals surface area (Å²) in [5.74, 6) is 0.421. The van der Waals surface area contributed by atoms with Crippen molar-refractivity contribution in [2.75, 3.05) is 31.2 Å². The van der Waals surface area contributed by atoms with Crippen molar-refractivity contribution in [1.82, 2.24) is 14.3 Å². The molecule has 4 heterocycles. The Morgan fingerprint density at radius 1 is 1.17 bits per heavy atom. The largest absolute Gasteiger partial charge is 0.382 e. The van der Waals surface area contributed by atoms with E-state index in [2.05, 4.69) is 23.1 Å². The number of ether oxygens (including phenoxy) is 1. The molecular formula is C27H28N4O3S2. The van der Waals surface area contributed by atoms with Crippen LogP contribution in [0.4, 0.5) is 5.82 Å². The molecular weight excluding hydrogens is 492 g/mol. The number of aromatic nitrogens is 2. The molecule has 1 amide bonds. The molecule has 0 atom stereocenters. The van der Waals surface area contributed by atoms with Crippen molar-refractivity contribution in [1.29, 1.82) is 0 Å². The standard InChI is InChI=1S/C27H28N4O3S2/c1-3-34-14-6-12-30-26(33)22(36-27(30)35)15-21-24(28-23-10-9-18(2)16-31(23)25(21)32)29-13-11-19-7-4-5-8-20(19)17-29/h4-5,7-10,15-16H,3,6,11-14,17H2,1-2H3. The summed E-state index contributed by atoms with van der Waals surface area (Å²) in [5.41, 5.74) is 4.29. The molecule has 0 saturated carbocycles. The second-order valence-corrected chi connectivity index (χ2v) is 10.6. The number of aryl methyl sites for hydroxylation is 1. The quantitative estimate of drug-likeness (QED) is 0.263. The summed E-state index contributed by atoms with van der Waals surface area (Å²) >= 11 is 6.73. The minimum atomic E-state index is -0.195. The van der Waals surface area contributed by atoms with Gasteiger partial charge in [-0.15, -0.1) is 0 Å². The van der Waals surface area contributed by atoms with Crippen LogP contribution in [0.15, 0.2) is 52.3 Å². The monoisotopic (exact) mass is 520 g/mol. The van der Waals surface area contributed by atoms with Gasteiger partial charge in [0.1, 0.15) is 15.8 Å². The topological polar surface area (TPSA) is 67.2 Å². The van der Waals surface area contributed by atoms with E-state index in [-0.39, 0.29) is 11.5 Å². The Bertz CT molecular complexity index is 1430. The van der Waals surface area contributed by atoms with E-state index in [0.29, 0.717) is 59.0 Å². The van der Waals surface area contributed by atoms with E-state index in [9.17, 15) is 9.59 Å². The van der Waals surface area contributed by atoms with Crippen LogP contribution in [-0.2, 0) is 22.5 Å². The van der Waals surface area contributed by atoms with E-state index in [1.165, 1.54) is 22.9 Å². The van der Waals surface area contributed by atoms with Crippen molar-refractivity contribution in [2.45, 2.75) is 33.2 Å². The third-order valence-electron chi connectivity index (χ3n) is 6.44. The summed E-state index contributed by atoms with van der Waals surface area (Å²) in [6.45, 7) is 6.98. The number of rotatable bonds is 7. The molecule has 1 fully saturated rings. The highest BCUT2D eigenvalue weighted by Crippen LogP contribution is 2.34. The van der Waals surface area contributed by atoms with E-state index < -0.39 is 0 Å². The number of pyridine rings is 1. The van der Waals surface area contributed by atoms with Gasteiger partial charge in [-0.1, -0.05) is 54.3 Å². The SMILES string of the molecule is CCOCCCN1C(=O)C(=Cc2c(N3CCc4ccccc4C3)nc3ccc(C)cn3c2=O)SC1=S. The lowest BCUT2D eigenvalue weighted by molar-refractivity contribution is -0.122. The number of thiocarbonyl (C=S) groups is 1. The number of nitrogens with zero attached hydrogens (tertiary/aromatic N) is 4. The second-order valence-electron chi connectivity index (χ2n) is 8.91. The second kappa shape index (κ2) is 10.5. The minimum absolute atomic E-state index is 0.176. The summed E-state index contributed by atoms with van der Waals surface area (Å²) < 4.78 is 7.46. The molecule has 0 bridgehead atoms. The van der Waals surface area contributed by atoms with E-state index >= 15 is 0 Å². The maximum absolute atomic E-state index is 13.8. The first-order chi connectivity index (χ1) is 17.5. The van der Waals surface area contributed by atoms with Gasteiger partial charge >= 0.3 is 0 Å². The van der Waals surface area contributed by atoms with E-state index in [4.69, 9.17) is 21.9 Å². The highest BCUT2D eigenvalue weighted by Gasteiger charge is 2.33. The number of benzene rings is 1. The molecule has 0 N–H and O–H groups in total. The number of fused-ring (bicyclic) bond motifs is 2. The smallest absolute Gasteiger partial charge is 0.267 e. The van der Waals surface area contributed by atoms with E-state index in [0.717, 1.165) is 18.5 Å². The van der Waals surface area contributed by atoms with E-state index in [1.54, 1.807) is 21.6 Å². The third-order valence-corrected chi connectivity index (χ3v) is 7.82. The maximum atomic E-state index is 13.8. The zero-order valence-electron chi connectivity index (χ0n) is 20.4. The normalized spacial score (nSPS) is 16.9. The Kier molecular flexibility index (Phi) is 7.22. The molecule has 2 aromatic heterocycles. The van der Waals surface area contributed by atoms with Gasteiger partial charge in [0.25, 0.3) is 11.5 Å². The van der Waals surface area contributed by atoms with E-state index in [1.807, 2.05) is 32.0 Å². The van der Waals surface area contributed by atoms with Crippen LogP contribution in [0.5, 0.6) is 0 Å². The molecule has 1 aromatic carbocycles.